The molecule has 0 aliphatic carbocycles. The molecule has 0 radical (unpaired) electrons. The van der Waals surface area contributed by atoms with Crippen molar-refractivity contribution < 1.29 is 9.53 Å². The summed E-state index contributed by atoms with van der Waals surface area (Å²) in [7, 11) is 0. The van der Waals surface area contributed by atoms with Crippen molar-refractivity contribution in [2.45, 2.75) is 32.6 Å². The number of esters is 1. The van der Waals surface area contributed by atoms with E-state index in [1.807, 2.05) is 25.1 Å². The number of carbonyl (C=O) groups excluding carboxylic acids is 1. The molecule has 2 rings (SSSR count). The van der Waals surface area contributed by atoms with E-state index in [4.69, 9.17) is 16.3 Å². The van der Waals surface area contributed by atoms with E-state index in [1.54, 1.807) is 0 Å². The number of hydrogen-bond acceptors (Lipinski definition) is 3. The molecule has 1 aliphatic heterocycles. The molecule has 3 nitrogen and oxygen atoms in total. The van der Waals surface area contributed by atoms with Gasteiger partial charge in [-0.3, -0.25) is 4.79 Å². The van der Waals surface area contributed by atoms with Crippen LogP contribution in [0.3, 0.4) is 0 Å². The van der Waals surface area contributed by atoms with E-state index in [1.165, 1.54) is 0 Å². The van der Waals surface area contributed by atoms with E-state index >= 15 is 0 Å². The Bertz CT molecular complexity index is 520. The molecule has 1 unspecified atom stereocenters. The van der Waals surface area contributed by atoms with Gasteiger partial charge in [0, 0.05) is 13.1 Å². The predicted octanol–water partition coefficient (Wildman–Crippen LogP) is 4.16. The molecule has 1 heterocycles. The molecule has 0 saturated carbocycles. The Morgan fingerprint density at radius 3 is 2.71 bits per heavy atom. The average Bonchev–Trinajstić information content (AvgIpc) is 3.00. The number of anilines is 1. The van der Waals surface area contributed by atoms with Crippen LogP contribution in [0.15, 0.2) is 30.4 Å². The average molecular weight is 308 g/mol. The number of hydrogen-bond donors (Lipinski definition) is 0. The molecule has 0 N–H and O–H groups in total. The van der Waals surface area contributed by atoms with Gasteiger partial charge < -0.3 is 9.64 Å². The number of rotatable bonds is 6. The summed E-state index contributed by atoms with van der Waals surface area (Å²) < 4.78 is 5.27. The van der Waals surface area contributed by atoms with E-state index in [-0.39, 0.29) is 11.9 Å². The molecule has 21 heavy (non-hydrogen) atoms. The Labute approximate surface area is 131 Å². The standard InChI is InChI=1S/C17H22ClNO2/c1-3-4-11-21-17(20)13(2)14-7-8-16(15(18)12-14)19-9-5-6-10-19/h5-8,12-13H,3-4,9-11H2,1-2H3. The Kier molecular flexibility index (Phi) is 5.68. The summed E-state index contributed by atoms with van der Waals surface area (Å²) in [5, 5.41) is 0.685. The third-order valence-electron chi connectivity index (χ3n) is 3.73. The molecular formula is C17H22ClNO2. The fourth-order valence-corrected chi connectivity index (χ4v) is 2.61. The highest BCUT2D eigenvalue weighted by molar-refractivity contribution is 6.33. The second-order valence-corrected chi connectivity index (χ2v) is 5.74. The van der Waals surface area contributed by atoms with Crippen molar-refractivity contribution in [2.75, 3.05) is 24.6 Å². The van der Waals surface area contributed by atoms with Crippen molar-refractivity contribution in [1.82, 2.24) is 0 Å². The zero-order valence-electron chi connectivity index (χ0n) is 12.6. The third-order valence-corrected chi connectivity index (χ3v) is 4.03. The number of unbranched alkanes of at least 4 members (excludes halogenated alkanes) is 1. The summed E-state index contributed by atoms with van der Waals surface area (Å²) >= 11 is 6.36. The van der Waals surface area contributed by atoms with Gasteiger partial charge in [0.1, 0.15) is 0 Å². The first-order valence-electron chi connectivity index (χ1n) is 7.49. The minimum atomic E-state index is -0.287. The second kappa shape index (κ2) is 7.51. The van der Waals surface area contributed by atoms with Crippen LogP contribution in [0.4, 0.5) is 5.69 Å². The Morgan fingerprint density at radius 1 is 1.38 bits per heavy atom. The van der Waals surface area contributed by atoms with Gasteiger partial charge in [0.15, 0.2) is 0 Å². The first-order valence-corrected chi connectivity index (χ1v) is 7.87. The monoisotopic (exact) mass is 307 g/mol. The highest BCUT2D eigenvalue weighted by Crippen LogP contribution is 2.31. The Balaban J connectivity index is 2.03. The van der Waals surface area contributed by atoms with Gasteiger partial charge in [-0.25, -0.2) is 0 Å². The largest absolute Gasteiger partial charge is 0.465 e. The highest BCUT2D eigenvalue weighted by Gasteiger charge is 2.19. The van der Waals surface area contributed by atoms with Gasteiger partial charge in [-0.1, -0.05) is 43.2 Å². The molecule has 0 bridgehead atoms. The number of carbonyl (C=O) groups is 1. The van der Waals surface area contributed by atoms with Crippen molar-refractivity contribution in [3.8, 4) is 0 Å². The number of benzene rings is 1. The fourth-order valence-electron chi connectivity index (χ4n) is 2.30. The van der Waals surface area contributed by atoms with Crippen molar-refractivity contribution in [3.63, 3.8) is 0 Å². The van der Waals surface area contributed by atoms with Gasteiger partial charge in [0.2, 0.25) is 0 Å². The Morgan fingerprint density at radius 2 is 2.10 bits per heavy atom. The molecule has 4 heteroatoms. The van der Waals surface area contributed by atoms with Crippen LogP contribution in [0, 0.1) is 0 Å². The first kappa shape index (κ1) is 15.9. The lowest BCUT2D eigenvalue weighted by molar-refractivity contribution is -0.145. The van der Waals surface area contributed by atoms with Crippen LogP contribution >= 0.6 is 11.6 Å². The fraction of sp³-hybridized carbons (Fsp3) is 0.471. The van der Waals surface area contributed by atoms with Crippen LogP contribution in [0.5, 0.6) is 0 Å². The maximum atomic E-state index is 12.0. The first-order chi connectivity index (χ1) is 10.1. The number of nitrogens with zero attached hydrogens (tertiary/aromatic N) is 1. The van der Waals surface area contributed by atoms with E-state index in [0.717, 1.165) is 37.2 Å². The van der Waals surface area contributed by atoms with Crippen LogP contribution in [0.25, 0.3) is 0 Å². The summed E-state index contributed by atoms with van der Waals surface area (Å²) in [6, 6.07) is 5.83. The van der Waals surface area contributed by atoms with Crippen LogP contribution < -0.4 is 4.90 Å². The zero-order valence-corrected chi connectivity index (χ0v) is 13.4. The summed E-state index contributed by atoms with van der Waals surface area (Å²) in [6.07, 6.45) is 6.17. The summed E-state index contributed by atoms with van der Waals surface area (Å²) in [4.78, 5) is 14.2. The maximum absolute atomic E-state index is 12.0. The minimum absolute atomic E-state index is 0.185. The summed E-state index contributed by atoms with van der Waals surface area (Å²) in [6.45, 7) is 6.19. The second-order valence-electron chi connectivity index (χ2n) is 5.33. The molecule has 0 saturated heterocycles. The van der Waals surface area contributed by atoms with Crippen LogP contribution in [-0.4, -0.2) is 25.7 Å². The smallest absolute Gasteiger partial charge is 0.313 e. The van der Waals surface area contributed by atoms with Gasteiger partial charge in [-0.15, -0.1) is 0 Å². The summed E-state index contributed by atoms with van der Waals surface area (Å²) in [5.41, 5.74) is 1.91. The summed E-state index contributed by atoms with van der Waals surface area (Å²) in [5.74, 6) is -0.472. The molecule has 1 aromatic rings. The lowest BCUT2D eigenvalue weighted by atomic mass is 10.0. The molecule has 0 spiro atoms. The van der Waals surface area contributed by atoms with Gasteiger partial charge in [-0.05, 0) is 31.0 Å². The van der Waals surface area contributed by atoms with Crippen molar-refractivity contribution >= 4 is 23.3 Å². The molecule has 0 amide bonds. The van der Waals surface area contributed by atoms with Crippen LogP contribution in [0.1, 0.15) is 38.2 Å². The van der Waals surface area contributed by atoms with Crippen LogP contribution in [-0.2, 0) is 9.53 Å². The minimum Gasteiger partial charge on any atom is -0.465 e. The molecule has 1 aromatic carbocycles. The molecule has 0 aromatic heterocycles. The molecule has 114 valence electrons. The van der Waals surface area contributed by atoms with Gasteiger partial charge in [0.05, 0.1) is 23.2 Å². The maximum Gasteiger partial charge on any atom is 0.313 e. The van der Waals surface area contributed by atoms with Gasteiger partial charge in [-0.2, -0.15) is 0 Å². The zero-order chi connectivity index (χ0) is 15.2. The van der Waals surface area contributed by atoms with E-state index < -0.39 is 0 Å². The van der Waals surface area contributed by atoms with Crippen molar-refractivity contribution in [1.29, 1.82) is 0 Å². The topological polar surface area (TPSA) is 29.5 Å². The van der Waals surface area contributed by atoms with Gasteiger partial charge >= 0.3 is 5.97 Å². The Hall–Kier alpha value is -1.48. The quantitative estimate of drug-likeness (QED) is 0.449. The highest BCUT2D eigenvalue weighted by atomic mass is 35.5. The van der Waals surface area contributed by atoms with Crippen LogP contribution in [0.2, 0.25) is 5.02 Å². The SMILES string of the molecule is CCCCOC(=O)C(C)c1ccc(N2CC=CC2)c(Cl)c1. The molecule has 0 fully saturated rings. The normalized spacial score (nSPS) is 15.3. The van der Waals surface area contributed by atoms with Crippen molar-refractivity contribution in [3.05, 3.63) is 40.9 Å². The van der Waals surface area contributed by atoms with Gasteiger partial charge in [0.25, 0.3) is 0 Å². The molecule has 1 atom stereocenters. The molecule has 1 aliphatic rings. The molecular weight excluding hydrogens is 286 g/mol. The third kappa shape index (κ3) is 4.01. The van der Waals surface area contributed by atoms with Crippen molar-refractivity contribution in [2.24, 2.45) is 0 Å². The number of halogens is 1. The predicted molar refractivity (Wildman–Crippen MR) is 87.1 cm³/mol. The lowest BCUT2D eigenvalue weighted by Crippen LogP contribution is -2.19. The van der Waals surface area contributed by atoms with E-state index in [2.05, 4.69) is 24.0 Å². The van der Waals surface area contributed by atoms with E-state index in [0.29, 0.717) is 11.6 Å². The number of ether oxygens (including phenoxy) is 1. The van der Waals surface area contributed by atoms with E-state index in [9.17, 15) is 4.79 Å². The lowest BCUT2D eigenvalue weighted by Gasteiger charge is -2.20.